The van der Waals surface area contributed by atoms with E-state index in [4.69, 9.17) is 4.78 Å². The lowest BCUT2D eigenvalue weighted by Crippen LogP contribution is -2.19. The van der Waals surface area contributed by atoms with Gasteiger partial charge in [-0.3, -0.25) is 4.78 Å². The average Bonchev–Trinajstić information content (AvgIpc) is 2.44. The minimum atomic E-state index is -0.302. The smallest absolute Gasteiger partial charge is 0.0789 e. The molecule has 12 heavy (non-hydrogen) atoms. The number of fused-ring (bicyclic) bond motifs is 1. The zero-order valence-electron chi connectivity index (χ0n) is 7.08. The Morgan fingerprint density at radius 3 is 3.00 bits per heavy atom. The number of anilines is 1. The summed E-state index contributed by atoms with van der Waals surface area (Å²) in [6.45, 7) is 3.15. The van der Waals surface area contributed by atoms with Crippen molar-refractivity contribution in [3.05, 3.63) is 24.3 Å². The maximum absolute atomic E-state index is 7.83. The van der Waals surface area contributed by atoms with E-state index in [1.165, 1.54) is 10.6 Å². The number of rotatable bonds is 1. The first-order valence-corrected chi connectivity index (χ1v) is 5.48. The Balaban J connectivity index is 2.50. The number of benzene rings is 1. The van der Waals surface area contributed by atoms with Gasteiger partial charge in [0, 0.05) is 11.4 Å². The summed E-state index contributed by atoms with van der Waals surface area (Å²) in [6, 6.07) is 8.25. The second kappa shape index (κ2) is 2.90. The second-order valence-electron chi connectivity index (χ2n) is 2.84. The van der Waals surface area contributed by atoms with Crippen LogP contribution in [0, 0.1) is 4.78 Å². The number of hydrogen-bond acceptors (Lipinski definition) is 2. The molecular weight excluding hydrogens is 168 g/mol. The summed E-state index contributed by atoms with van der Waals surface area (Å²) in [6.07, 6.45) is 0. The summed E-state index contributed by atoms with van der Waals surface area (Å²) in [4.78, 5) is 3.48. The summed E-state index contributed by atoms with van der Waals surface area (Å²) in [5.74, 6) is 0.885. The third-order valence-corrected chi connectivity index (χ3v) is 3.58. The van der Waals surface area contributed by atoms with E-state index in [0.717, 1.165) is 12.4 Å². The van der Waals surface area contributed by atoms with Crippen molar-refractivity contribution in [3.8, 4) is 0 Å². The molecule has 0 saturated carbocycles. The fourth-order valence-electron chi connectivity index (χ4n) is 1.48. The molecule has 2 nitrogen and oxygen atoms in total. The first kappa shape index (κ1) is 7.80. The van der Waals surface area contributed by atoms with Crippen LogP contribution in [0.15, 0.2) is 29.2 Å². The van der Waals surface area contributed by atoms with Gasteiger partial charge in [0.15, 0.2) is 0 Å². The SMILES string of the molecule is CCN1CS(=N)c2ccccc21. The monoisotopic (exact) mass is 180 g/mol. The Bertz CT molecular complexity index is 322. The van der Waals surface area contributed by atoms with E-state index in [9.17, 15) is 0 Å². The highest BCUT2D eigenvalue weighted by atomic mass is 32.2. The van der Waals surface area contributed by atoms with Crippen LogP contribution < -0.4 is 4.90 Å². The van der Waals surface area contributed by atoms with Gasteiger partial charge in [-0.1, -0.05) is 22.8 Å². The molecule has 0 aliphatic carbocycles. The second-order valence-corrected chi connectivity index (χ2v) is 4.32. The molecule has 1 aromatic rings. The van der Waals surface area contributed by atoms with Crippen LogP contribution in [0.25, 0.3) is 0 Å². The molecule has 0 saturated heterocycles. The summed E-state index contributed by atoms with van der Waals surface area (Å²) in [7, 11) is -0.302. The van der Waals surface area contributed by atoms with Gasteiger partial charge < -0.3 is 4.90 Å². The highest BCUT2D eigenvalue weighted by molar-refractivity contribution is 7.86. The van der Waals surface area contributed by atoms with Crippen molar-refractivity contribution in [3.63, 3.8) is 0 Å². The third kappa shape index (κ3) is 1.05. The largest absolute Gasteiger partial charge is 0.360 e. The molecule has 0 amide bonds. The molecule has 0 aromatic heterocycles. The van der Waals surface area contributed by atoms with E-state index in [1.54, 1.807) is 0 Å². The molecule has 0 spiro atoms. The van der Waals surface area contributed by atoms with Gasteiger partial charge in [-0.2, -0.15) is 0 Å². The molecule has 1 unspecified atom stereocenters. The molecule has 1 aliphatic heterocycles. The minimum Gasteiger partial charge on any atom is -0.360 e. The topological polar surface area (TPSA) is 27.1 Å². The first-order chi connectivity index (χ1) is 5.83. The van der Waals surface area contributed by atoms with Crippen molar-refractivity contribution in [1.82, 2.24) is 0 Å². The molecule has 0 bridgehead atoms. The summed E-state index contributed by atoms with van der Waals surface area (Å²) in [5.41, 5.74) is 1.26. The average molecular weight is 180 g/mol. The summed E-state index contributed by atoms with van der Waals surface area (Å²) < 4.78 is 7.83. The molecule has 3 heteroatoms. The zero-order chi connectivity index (χ0) is 8.55. The molecule has 2 rings (SSSR count). The number of para-hydroxylation sites is 1. The maximum atomic E-state index is 7.83. The molecule has 1 aliphatic rings. The predicted octanol–water partition coefficient (Wildman–Crippen LogP) is 2.22. The van der Waals surface area contributed by atoms with Crippen LogP contribution in [0.3, 0.4) is 0 Å². The lowest BCUT2D eigenvalue weighted by atomic mass is 10.3. The molecule has 0 fully saturated rings. The van der Waals surface area contributed by atoms with Gasteiger partial charge in [-0.05, 0) is 19.1 Å². The molecule has 1 heterocycles. The Hall–Kier alpha value is -0.830. The van der Waals surface area contributed by atoms with E-state index in [2.05, 4.69) is 24.0 Å². The van der Waals surface area contributed by atoms with Crippen LogP contribution >= 0.6 is 0 Å². The van der Waals surface area contributed by atoms with Crippen LogP contribution in [0.5, 0.6) is 0 Å². The van der Waals surface area contributed by atoms with Crippen LogP contribution in [0.1, 0.15) is 6.92 Å². The van der Waals surface area contributed by atoms with Gasteiger partial charge in [0.05, 0.1) is 11.6 Å². The van der Waals surface area contributed by atoms with E-state index >= 15 is 0 Å². The van der Waals surface area contributed by atoms with Crippen molar-refractivity contribution in [2.24, 2.45) is 0 Å². The van der Waals surface area contributed by atoms with Gasteiger partial charge in [-0.15, -0.1) is 0 Å². The lowest BCUT2D eigenvalue weighted by Gasteiger charge is -2.14. The van der Waals surface area contributed by atoms with E-state index in [1.807, 2.05) is 12.1 Å². The van der Waals surface area contributed by atoms with Crippen LogP contribution in [-0.2, 0) is 10.7 Å². The summed E-state index contributed by atoms with van der Waals surface area (Å²) in [5, 5.41) is 0. The van der Waals surface area contributed by atoms with E-state index < -0.39 is 0 Å². The molecule has 1 atom stereocenters. The van der Waals surface area contributed by atoms with Crippen molar-refractivity contribution >= 4 is 16.4 Å². The Morgan fingerprint density at radius 1 is 1.50 bits per heavy atom. The Morgan fingerprint density at radius 2 is 2.25 bits per heavy atom. The van der Waals surface area contributed by atoms with E-state index in [-0.39, 0.29) is 10.7 Å². The Kier molecular flexibility index (Phi) is 1.89. The molecule has 1 N–H and O–H groups in total. The molecule has 0 radical (unpaired) electrons. The fraction of sp³-hybridized carbons (Fsp3) is 0.333. The van der Waals surface area contributed by atoms with E-state index in [0.29, 0.717) is 0 Å². The highest BCUT2D eigenvalue weighted by Crippen LogP contribution is 2.30. The van der Waals surface area contributed by atoms with Gasteiger partial charge in [0.25, 0.3) is 0 Å². The van der Waals surface area contributed by atoms with Gasteiger partial charge in [0.1, 0.15) is 0 Å². The van der Waals surface area contributed by atoms with Crippen LogP contribution in [0.2, 0.25) is 0 Å². The number of nitrogens with one attached hydrogen (secondary N) is 1. The van der Waals surface area contributed by atoms with Crippen molar-refractivity contribution < 1.29 is 0 Å². The van der Waals surface area contributed by atoms with Crippen molar-refractivity contribution in [2.75, 3.05) is 17.3 Å². The van der Waals surface area contributed by atoms with Gasteiger partial charge in [-0.25, -0.2) is 0 Å². The van der Waals surface area contributed by atoms with Crippen LogP contribution in [0.4, 0.5) is 5.69 Å². The third-order valence-electron chi connectivity index (χ3n) is 2.14. The fourth-order valence-corrected chi connectivity index (χ4v) is 2.95. The number of nitrogens with zero attached hydrogens (tertiary/aromatic N) is 1. The highest BCUT2D eigenvalue weighted by Gasteiger charge is 2.20. The normalized spacial score (nSPS) is 21.1. The van der Waals surface area contributed by atoms with Crippen LogP contribution in [-0.4, -0.2) is 12.4 Å². The van der Waals surface area contributed by atoms with Gasteiger partial charge >= 0.3 is 0 Å². The maximum Gasteiger partial charge on any atom is 0.0789 e. The molecule has 64 valence electrons. The quantitative estimate of drug-likeness (QED) is 0.705. The predicted molar refractivity (Wildman–Crippen MR) is 52.7 cm³/mol. The van der Waals surface area contributed by atoms with Crippen molar-refractivity contribution in [1.29, 1.82) is 4.78 Å². The standard InChI is InChI=1S/C9H12N2S/c1-2-11-7-12(10)9-6-4-3-5-8(9)11/h3-6,10H,2,7H2,1H3. The Labute approximate surface area is 75.1 Å². The van der Waals surface area contributed by atoms with Crippen molar-refractivity contribution in [2.45, 2.75) is 11.8 Å². The zero-order valence-corrected chi connectivity index (χ0v) is 7.90. The molecule has 1 aromatic carbocycles. The molecular formula is C9H12N2S. The lowest BCUT2D eigenvalue weighted by molar-refractivity contribution is 0.950. The summed E-state index contributed by atoms with van der Waals surface area (Å²) >= 11 is 0. The van der Waals surface area contributed by atoms with Gasteiger partial charge in [0.2, 0.25) is 0 Å². The number of hydrogen-bond donors (Lipinski definition) is 1. The first-order valence-electron chi connectivity index (χ1n) is 4.09. The minimum absolute atomic E-state index is 0.302.